The first-order chi connectivity index (χ1) is 12.8. The Morgan fingerprint density at radius 1 is 1.00 bits per heavy atom. The number of hydrogen-bond donors (Lipinski definition) is 0. The molecule has 26 heavy (non-hydrogen) atoms. The molecule has 2 fully saturated rings. The molecule has 2 heterocycles. The highest BCUT2D eigenvalue weighted by Gasteiger charge is 2.41. The van der Waals surface area contributed by atoms with Crippen molar-refractivity contribution in [3.63, 3.8) is 0 Å². The third kappa shape index (κ3) is 5.00. The highest BCUT2D eigenvalue weighted by Crippen LogP contribution is 2.35. The zero-order chi connectivity index (χ0) is 18.2. The number of ether oxygens (including phenoxy) is 1. The smallest absolute Gasteiger partial charge is 0.410 e. The molecule has 0 aliphatic carbocycles. The lowest BCUT2D eigenvalue weighted by atomic mass is 9.96. The number of nitrogens with zero attached hydrogens (tertiary/aromatic N) is 2. The van der Waals surface area contributed by atoms with Gasteiger partial charge in [0.15, 0.2) is 0 Å². The number of unbranched alkanes of at least 4 members (excludes halogenated alkanes) is 3. The van der Waals surface area contributed by atoms with E-state index in [0.29, 0.717) is 0 Å². The van der Waals surface area contributed by atoms with Crippen molar-refractivity contribution < 1.29 is 9.53 Å². The lowest BCUT2D eigenvalue weighted by Gasteiger charge is -2.26. The number of carbonyl (C=O) groups is 1. The van der Waals surface area contributed by atoms with Crippen molar-refractivity contribution >= 4 is 6.09 Å². The molecule has 3 rings (SSSR count). The summed E-state index contributed by atoms with van der Waals surface area (Å²) in [5, 5.41) is 0. The van der Waals surface area contributed by atoms with Gasteiger partial charge in [-0.3, -0.25) is 0 Å². The fourth-order valence-corrected chi connectivity index (χ4v) is 4.30. The van der Waals surface area contributed by atoms with Gasteiger partial charge in [0.1, 0.15) is 6.10 Å². The Hall–Kier alpha value is -1.55. The summed E-state index contributed by atoms with van der Waals surface area (Å²) in [6, 6.07) is 10.4. The average molecular weight is 359 g/mol. The Morgan fingerprint density at radius 2 is 1.77 bits per heavy atom. The van der Waals surface area contributed by atoms with Crippen LogP contribution in [0.1, 0.15) is 70.0 Å². The predicted octanol–water partition coefficient (Wildman–Crippen LogP) is 5.00. The van der Waals surface area contributed by atoms with Crippen molar-refractivity contribution in [3.8, 4) is 0 Å². The molecule has 2 aliphatic rings. The molecule has 0 saturated carbocycles. The van der Waals surface area contributed by atoms with E-state index < -0.39 is 0 Å². The van der Waals surface area contributed by atoms with Crippen molar-refractivity contribution in [2.75, 3.05) is 26.2 Å². The van der Waals surface area contributed by atoms with Gasteiger partial charge in [-0.05, 0) is 50.9 Å². The molecule has 0 N–H and O–H groups in total. The SMILES string of the molecule is CCCCCCC1C(c2ccccc2)OC(=O)N1CCCN1CCCC1. The van der Waals surface area contributed by atoms with Gasteiger partial charge in [-0.1, -0.05) is 62.9 Å². The van der Waals surface area contributed by atoms with Crippen LogP contribution >= 0.6 is 0 Å². The van der Waals surface area contributed by atoms with Gasteiger partial charge in [0.2, 0.25) is 0 Å². The van der Waals surface area contributed by atoms with Crippen LogP contribution in [0.4, 0.5) is 4.79 Å². The Kier molecular flexibility index (Phi) is 7.36. The third-order valence-corrected chi connectivity index (χ3v) is 5.77. The summed E-state index contributed by atoms with van der Waals surface area (Å²) in [5.74, 6) is 0. The highest BCUT2D eigenvalue weighted by atomic mass is 16.6. The van der Waals surface area contributed by atoms with Gasteiger partial charge in [-0.2, -0.15) is 0 Å². The minimum atomic E-state index is -0.124. The van der Waals surface area contributed by atoms with E-state index >= 15 is 0 Å². The van der Waals surface area contributed by atoms with Crippen LogP contribution in [0.5, 0.6) is 0 Å². The fourth-order valence-electron chi connectivity index (χ4n) is 4.30. The van der Waals surface area contributed by atoms with Crippen molar-refractivity contribution in [2.45, 2.75) is 70.4 Å². The molecule has 2 unspecified atom stereocenters. The molecule has 4 nitrogen and oxygen atoms in total. The van der Waals surface area contributed by atoms with Gasteiger partial charge in [-0.25, -0.2) is 4.79 Å². The zero-order valence-electron chi connectivity index (χ0n) is 16.2. The van der Waals surface area contributed by atoms with E-state index in [9.17, 15) is 4.79 Å². The van der Waals surface area contributed by atoms with E-state index in [0.717, 1.165) is 31.5 Å². The monoisotopic (exact) mass is 358 g/mol. The minimum absolute atomic E-state index is 0.114. The van der Waals surface area contributed by atoms with E-state index in [2.05, 4.69) is 24.0 Å². The largest absolute Gasteiger partial charge is 0.439 e. The van der Waals surface area contributed by atoms with Crippen LogP contribution in [0.15, 0.2) is 30.3 Å². The van der Waals surface area contributed by atoms with Crippen LogP contribution in [0.3, 0.4) is 0 Å². The maximum absolute atomic E-state index is 12.6. The summed E-state index contributed by atoms with van der Waals surface area (Å²) >= 11 is 0. The third-order valence-electron chi connectivity index (χ3n) is 5.77. The molecule has 0 spiro atoms. The standard InChI is InChI=1S/C22H34N2O2/c1-2-3-4-8-14-20-21(19-12-6-5-7-13-19)26-22(25)24(20)18-11-17-23-15-9-10-16-23/h5-7,12-13,20-21H,2-4,8-11,14-18H2,1H3. The lowest BCUT2D eigenvalue weighted by Crippen LogP contribution is -2.36. The summed E-state index contributed by atoms with van der Waals surface area (Å²) in [5.41, 5.74) is 1.13. The molecule has 0 aromatic heterocycles. The first kappa shape index (κ1) is 19.2. The topological polar surface area (TPSA) is 32.8 Å². The van der Waals surface area contributed by atoms with Gasteiger partial charge < -0.3 is 14.5 Å². The lowest BCUT2D eigenvalue weighted by molar-refractivity contribution is 0.129. The number of benzene rings is 1. The van der Waals surface area contributed by atoms with Crippen LogP contribution in [-0.2, 0) is 4.74 Å². The molecule has 144 valence electrons. The number of cyclic esters (lactones) is 1. The Balaban J connectivity index is 1.60. The first-order valence-electron chi connectivity index (χ1n) is 10.5. The minimum Gasteiger partial charge on any atom is -0.439 e. The quantitative estimate of drug-likeness (QED) is 0.552. The van der Waals surface area contributed by atoms with E-state index in [1.165, 1.54) is 51.6 Å². The van der Waals surface area contributed by atoms with Crippen LogP contribution in [-0.4, -0.2) is 48.1 Å². The Bertz CT molecular complexity index is 542. The van der Waals surface area contributed by atoms with Crippen LogP contribution in [0.2, 0.25) is 0 Å². The second kappa shape index (κ2) is 9.96. The molecule has 2 atom stereocenters. The molecular formula is C22H34N2O2. The number of carbonyl (C=O) groups excluding carboxylic acids is 1. The molecule has 2 aliphatic heterocycles. The average Bonchev–Trinajstić information content (AvgIpc) is 3.29. The summed E-state index contributed by atoms with van der Waals surface area (Å²) in [6.45, 7) is 6.59. The number of likely N-dealkylation sites (tertiary alicyclic amines) is 1. The highest BCUT2D eigenvalue weighted by molar-refractivity contribution is 5.71. The van der Waals surface area contributed by atoms with E-state index in [4.69, 9.17) is 4.74 Å². The van der Waals surface area contributed by atoms with Gasteiger partial charge in [0, 0.05) is 6.54 Å². The van der Waals surface area contributed by atoms with E-state index in [-0.39, 0.29) is 18.2 Å². The summed E-state index contributed by atoms with van der Waals surface area (Å²) in [6.07, 6.45) is 9.40. The summed E-state index contributed by atoms with van der Waals surface area (Å²) in [7, 11) is 0. The molecule has 1 aromatic carbocycles. The molecule has 0 bridgehead atoms. The van der Waals surface area contributed by atoms with Crippen molar-refractivity contribution in [1.29, 1.82) is 0 Å². The fraction of sp³-hybridized carbons (Fsp3) is 0.682. The molecule has 4 heteroatoms. The van der Waals surface area contributed by atoms with Crippen LogP contribution in [0.25, 0.3) is 0 Å². The number of amides is 1. The van der Waals surface area contributed by atoms with E-state index in [1.54, 1.807) is 0 Å². The normalized spacial score (nSPS) is 23.6. The Morgan fingerprint density at radius 3 is 2.50 bits per heavy atom. The predicted molar refractivity (Wildman–Crippen MR) is 105 cm³/mol. The van der Waals surface area contributed by atoms with Crippen LogP contribution < -0.4 is 0 Å². The van der Waals surface area contributed by atoms with Gasteiger partial charge in [-0.15, -0.1) is 0 Å². The van der Waals surface area contributed by atoms with Gasteiger partial charge >= 0.3 is 6.09 Å². The number of rotatable bonds is 10. The summed E-state index contributed by atoms with van der Waals surface area (Å²) in [4.78, 5) is 17.1. The maximum atomic E-state index is 12.6. The molecule has 1 amide bonds. The first-order valence-corrected chi connectivity index (χ1v) is 10.5. The molecule has 1 aromatic rings. The molecule has 2 saturated heterocycles. The second-order valence-electron chi connectivity index (χ2n) is 7.73. The number of hydrogen-bond acceptors (Lipinski definition) is 3. The van der Waals surface area contributed by atoms with Crippen molar-refractivity contribution in [3.05, 3.63) is 35.9 Å². The van der Waals surface area contributed by atoms with Crippen LogP contribution in [0, 0.1) is 0 Å². The molecular weight excluding hydrogens is 324 g/mol. The molecule has 0 radical (unpaired) electrons. The zero-order valence-corrected chi connectivity index (χ0v) is 16.2. The Labute approximate surface area is 158 Å². The second-order valence-corrected chi connectivity index (χ2v) is 7.73. The van der Waals surface area contributed by atoms with Gasteiger partial charge in [0.05, 0.1) is 6.04 Å². The van der Waals surface area contributed by atoms with Crippen molar-refractivity contribution in [2.24, 2.45) is 0 Å². The maximum Gasteiger partial charge on any atom is 0.410 e. The summed E-state index contributed by atoms with van der Waals surface area (Å²) < 4.78 is 5.83. The van der Waals surface area contributed by atoms with E-state index in [1.807, 2.05) is 23.1 Å². The van der Waals surface area contributed by atoms with Gasteiger partial charge in [0.25, 0.3) is 0 Å². The van der Waals surface area contributed by atoms with Crippen molar-refractivity contribution in [1.82, 2.24) is 9.80 Å².